The molecular formula is C9H8INO2. The Morgan fingerprint density at radius 1 is 1.54 bits per heavy atom. The maximum Gasteiger partial charge on any atom is 0.264 e. The van der Waals surface area contributed by atoms with E-state index in [4.69, 9.17) is 4.74 Å². The zero-order chi connectivity index (χ0) is 9.42. The Labute approximate surface area is 89.8 Å². The molecule has 0 saturated heterocycles. The van der Waals surface area contributed by atoms with Crippen LogP contribution in [0.3, 0.4) is 0 Å². The molecule has 0 aromatic heterocycles. The number of amides is 1. The summed E-state index contributed by atoms with van der Waals surface area (Å²) < 4.78 is 6.37. The van der Waals surface area contributed by atoms with Gasteiger partial charge in [-0.15, -0.1) is 0 Å². The first-order valence-corrected chi connectivity index (χ1v) is 4.95. The molecule has 0 N–H and O–H groups in total. The lowest BCUT2D eigenvalue weighted by Crippen LogP contribution is -2.35. The molecule has 0 unspecified atom stereocenters. The van der Waals surface area contributed by atoms with E-state index in [1.54, 1.807) is 11.9 Å². The van der Waals surface area contributed by atoms with Crippen LogP contribution >= 0.6 is 22.6 Å². The predicted octanol–water partition coefficient (Wildman–Crippen LogP) is 1.65. The van der Waals surface area contributed by atoms with Crippen molar-refractivity contribution in [1.29, 1.82) is 0 Å². The Morgan fingerprint density at radius 3 is 3.08 bits per heavy atom. The molecule has 0 spiro atoms. The normalized spacial score (nSPS) is 15.2. The van der Waals surface area contributed by atoms with Crippen molar-refractivity contribution in [3.05, 3.63) is 21.8 Å². The fourth-order valence-electron chi connectivity index (χ4n) is 1.25. The topological polar surface area (TPSA) is 29.5 Å². The van der Waals surface area contributed by atoms with Crippen LogP contribution in [0.25, 0.3) is 0 Å². The number of benzene rings is 1. The third-order valence-corrected chi connectivity index (χ3v) is 2.68. The Morgan fingerprint density at radius 2 is 2.31 bits per heavy atom. The number of likely N-dealkylation sites (N-methyl/N-ethyl adjacent to an activating group) is 1. The highest BCUT2D eigenvalue weighted by molar-refractivity contribution is 14.1. The molecule has 4 heteroatoms. The van der Waals surface area contributed by atoms with E-state index in [0.717, 1.165) is 15.0 Å². The van der Waals surface area contributed by atoms with E-state index >= 15 is 0 Å². The van der Waals surface area contributed by atoms with Crippen molar-refractivity contribution in [3.63, 3.8) is 0 Å². The number of ether oxygens (including phenoxy) is 1. The van der Waals surface area contributed by atoms with E-state index in [1.165, 1.54) is 0 Å². The van der Waals surface area contributed by atoms with Gasteiger partial charge < -0.3 is 9.64 Å². The van der Waals surface area contributed by atoms with Crippen LogP contribution in [-0.4, -0.2) is 19.6 Å². The SMILES string of the molecule is CN1C(=O)COc2ccc(I)cc21. The van der Waals surface area contributed by atoms with Crippen LogP contribution in [0.2, 0.25) is 0 Å². The molecule has 3 nitrogen and oxygen atoms in total. The van der Waals surface area contributed by atoms with Crippen molar-refractivity contribution in [1.82, 2.24) is 0 Å². The average molecular weight is 289 g/mol. The lowest BCUT2D eigenvalue weighted by Gasteiger charge is -2.25. The summed E-state index contributed by atoms with van der Waals surface area (Å²) in [6.07, 6.45) is 0. The van der Waals surface area contributed by atoms with E-state index in [1.807, 2.05) is 18.2 Å². The fraction of sp³-hybridized carbons (Fsp3) is 0.222. The zero-order valence-corrected chi connectivity index (χ0v) is 9.24. The molecule has 0 radical (unpaired) electrons. The molecule has 13 heavy (non-hydrogen) atoms. The maximum atomic E-state index is 11.3. The molecule has 1 aromatic carbocycles. The van der Waals surface area contributed by atoms with Crippen molar-refractivity contribution >= 4 is 34.2 Å². The van der Waals surface area contributed by atoms with E-state index in [9.17, 15) is 4.79 Å². The van der Waals surface area contributed by atoms with Gasteiger partial charge >= 0.3 is 0 Å². The number of anilines is 1. The minimum Gasteiger partial charge on any atom is -0.482 e. The van der Waals surface area contributed by atoms with Crippen molar-refractivity contribution < 1.29 is 9.53 Å². The van der Waals surface area contributed by atoms with Gasteiger partial charge in [-0.1, -0.05) is 0 Å². The lowest BCUT2D eigenvalue weighted by atomic mass is 10.2. The Bertz CT molecular complexity index is 365. The maximum absolute atomic E-state index is 11.3. The molecule has 1 aromatic rings. The number of fused-ring (bicyclic) bond motifs is 1. The highest BCUT2D eigenvalue weighted by Crippen LogP contribution is 2.32. The minimum absolute atomic E-state index is 0.00509. The van der Waals surface area contributed by atoms with Crippen LogP contribution in [0.1, 0.15) is 0 Å². The molecule has 1 aliphatic rings. The monoisotopic (exact) mass is 289 g/mol. The van der Waals surface area contributed by atoms with E-state index in [-0.39, 0.29) is 12.5 Å². The summed E-state index contributed by atoms with van der Waals surface area (Å²) in [5, 5.41) is 0. The second kappa shape index (κ2) is 3.17. The fourth-order valence-corrected chi connectivity index (χ4v) is 1.72. The van der Waals surface area contributed by atoms with E-state index in [2.05, 4.69) is 22.6 Å². The van der Waals surface area contributed by atoms with Gasteiger partial charge in [-0.25, -0.2) is 0 Å². The summed E-state index contributed by atoms with van der Waals surface area (Å²) in [6, 6.07) is 5.79. The van der Waals surface area contributed by atoms with Gasteiger partial charge in [-0.3, -0.25) is 4.79 Å². The van der Waals surface area contributed by atoms with Crippen molar-refractivity contribution in [2.45, 2.75) is 0 Å². The summed E-state index contributed by atoms with van der Waals surface area (Å²) >= 11 is 2.21. The molecule has 0 saturated carbocycles. The van der Waals surface area contributed by atoms with Crippen LogP contribution < -0.4 is 9.64 Å². The first kappa shape index (κ1) is 8.80. The smallest absolute Gasteiger partial charge is 0.264 e. The number of carbonyl (C=O) groups excluding carboxylic acids is 1. The number of nitrogens with zero attached hydrogens (tertiary/aromatic N) is 1. The first-order valence-electron chi connectivity index (χ1n) is 3.87. The summed E-state index contributed by atoms with van der Waals surface area (Å²) in [6.45, 7) is 0.143. The van der Waals surface area contributed by atoms with Gasteiger partial charge in [-0.2, -0.15) is 0 Å². The van der Waals surface area contributed by atoms with E-state index in [0.29, 0.717) is 0 Å². The zero-order valence-electron chi connectivity index (χ0n) is 7.08. The van der Waals surface area contributed by atoms with Crippen molar-refractivity contribution in [3.8, 4) is 5.75 Å². The average Bonchev–Trinajstić information content (AvgIpc) is 2.12. The minimum atomic E-state index is -0.00509. The predicted molar refractivity (Wildman–Crippen MR) is 58.1 cm³/mol. The molecular weight excluding hydrogens is 281 g/mol. The second-order valence-electron chi connectivity index (χ2n) is 2.85. The standard InChI is InChI=1S/C9H8INO2/c1-11-7-4-6(10)2-3-8(7)13-5-9(11)12/h2-4H,5H2,1H3. The van der Waals surface area contributed by atoms with Crippen molar-refractivity contribution in [2.24, 2.45) is 0 Å². The van der Waals surface area contributed by atoms with E-state index < -0.39 is 0 Å². The molecule has 0 fully saturated rings. The molecule has 0 atom stereocenters. The highest BCUT2D eigenvalue weighted by Gasteiger charge is 2.21. The Hall–Kier alpha value is -0.780. The van der Waals surface area contributed by atoms with Crippen LogP contribution in [-0.2, 0) is 4.79 Å². The molecule has 1 heterocycles. The lowest BCUT2D eigenvalue weighted by molar-refractivity contribution is -0.120. The van der Waals surface area contributed by atoms with Crippen LogP contribution in [0.15, 0.2) is 18.2 Å². The first-order chi connectivity index (χ1) is 6.18. The molecule has 1 amide bonds. The summed E-state index contributed by atoms with van der Waals surface area (Å²) in [7, 11) is 1.76. The second-order valence-corrected chi connectivity index (χ2v) is 4.10. The number of carbonyl (C=O) groups is 1. The number of hydrogen-bond donors (Lipinski definition) is 0. The quantitative estimate of drug-likeness (QED) is 0.680. The molecule has 1 aliphatic heterocycles. The van der Waals surface area contributed by atoms with Crippen LogP contribution in [0.5, 0.6) is 5.75 Å². The van der Waals surface area contributed by atoms with Gasteiger partial charge in [-0.05, 0) is 40.8 Å². The number of hydrogen-bond acceptors (Lipinski definition) is 2. The van der Waals surface area contributed by atoms with Gasteiger partial charge in [0.25, 0.3) is 5.91 Å². The van der Waals surface area contributed by atoms with Crippen molar-refractivity contribution in [2.75, 3.05) is 18.6 Å². The van der Waals surface area contributed by atoms with Gasteiger partial charge in [0, 0.05) is 10.6 Å². The van der Waals surface area contributed by atoms with Gasteiger partial charge in [0.1, 0.15) is 5.75 Å². The molecule has 2 rings (SSSR count). The molecule has 68 valence electrons. The van der Waals surface area contributed by atoms with Gasteiger partial charge in [0.15, 0.2) is 6.61 Å². The van der Waals surface area contributed by atoms with Crippen LogP contribution in [0, 0.1) is 3.57 Å². The number of rotatable bonds is 0. The summed E-state index contributed by atoms with van der Waals surface area (Å²) in [5.74, 6) is 0.775. The number of halogens is 1. The van der Waals surface area contributed by atoms with Gasteiger partial charge in [0.2, 0.25) is 0 Å². The Kier molecular flexibility index (Phi) is 2.15. The highest BCUT2D eigenvalue weighted by atomic mass is 127. The largest absolute Gasteiger partial charge is 0.482 e. The summed E-state index contributed by atoms with van der Waals surface area (Å²) in [5.41, 5.74) is 0.850. The third-order valence-electron chi connectivity index (χ3n) is 2.01. The van der Waals surface area contributed by atoms with Crippen LogP contribution in [0.4, 0.5) is 5.69 Å². The molecule has 0 bridgehead atoms. The Balaban J connectivity index is 2.51. The van der Waals surface area contributed by atoms with Gasteiger partial charge in [0.05, 0.1) is 5.69 Å². The third kappa shape index (κ3) is 1.50. The summed E-state index contributed by atoms with van der Waals surface area (Å²) in [4.78, 5) is 12.9. The molecule has 0 aliphatic carbocycles.